The van der Waals surface area contributed by atoms with E-state index in [1.54, 1.807) is 12.1 Å². The van der Waals surface area contributed by atoms with E-state index in [1.807, 2.05) is 22.6 Å². The third-order valence-electron chi connectivity index (χ3n) is 2.94. The Morgan fingerprint density at radius 1 is 1.56 bits per heavy atom. The molecule has 0 spiro atoms. The van der Waals surface area contributed by atoms with Gasteiger partial charge < -0.3 is 11.1 Å². The first-order chi connectivity index (χ1) is 8.11. The number of nitrogens with two attached hydrogens (primary N) is 1. The minimum Gasteiger partial charge on any atom is -0.348 e. The van der Waals surface area contributed by atoms with Crippen molar-refractivity contribution in [1.29, 1.82) is 0 Å². The summed E-state index contributed by atoms with van der Waals surface area (Å²) in [6, 6.07) is 4.50. The van der Waals surface area contributed by atoms with Gasteiger partial charge in [-0.2, -0.15) is 0 Å². The predicted molar refractivity (Wildman–Crippen MR) is 79.4 cm³/mol. The van der Waals surface area contributed by atoms with Gasteiger partial charge in [0.2, 0.25) is 0 Å². The van der Waals surface area contributed by atoms with Crippen LogP contribution in [0.5, 0.6) is 0 Å². The van der Waals surface area contributed by atoms with Crippen LogP contribution in [0.3, 0.4) is 0 Å². The average molecular weight is 385 g/mol. The lowest BCUT2D eigenvalue weighted by Crippen LogP contribution is -2.41. The van der Waals surface area contributed by atoms with E-state index >= 15 is 0 Å². The zero-order valence-corrected chi connectivity index (χ0v) is 12.6. The lowest BCUT2D eigenvalue weighted by molar-refractivity contribution is 0.0933. The summed E-state index contributed by atoms with van der Waals surface area (Å²) in [5, 5.41) is 2.86. The first-order valence-corrected chi connectivity index (χ1v) is 6.65. The molecule has 3 N–H and O–H groups in total. The average Bonchev–Trinajstić information content (AvgIpc) is 3.13. The second-order valence-corrected chi connectivity index (χ2v) is 5.44. The predicted octanol–water partition coefficient (Wildman–Crippen LogP) is 2.32. The standard InChI is InChI=1S/C12H14FIN2O.ClH/c13-9-5-8(3-4-10(9)14)12(17)16-11(6-15)7-1-2-7;/h3-5,7,11H,1-2,6,15H2,(H,16,17);1H. The topological polar surface area (TPSA) is 55.1 Å². The summed E-state index contributed by atoms with van der Waals surface area (Å²) in [5.74, 6) is -0.116. The molecule has 0 bridgehead atoms. The van der Waals surface area contributed by atoms with Gasteiger partial charge in [-0.3, -0.25) is 4.79 Å². The summed E-state index contributed by atoms with van der Waals surface area (Å²) >= 11 is 1.89. The van der Waals surface area contributed by atoms with Crippen molar-refractivity contribution < 1.29 is 9.18 Å². The maximum atomic E-state index is 13.3. The van der Waals surface area contributed by atoms with Gasteiger partial charge in [-0.1, -0.05) is 0 Å². The van der Waals surface area contributed by atoms with Gasteiger partial charge in [0.25, 0.3) is 5.91 Å². The Hall–Kier alpha value is -0.400. The van der Waals surface area contributed by atoms with Crippen molar-refractivity contribution in [1.82, 2.24) is 5.32 Å². The summed E-state index contributed by atoms with van der Waals surface area (Å²) in [6.07, 6.45) is 2.23. The molecule has 0 heterocycles. The minimum atomic E-state index is -0.367. The van der Waals surface area contributed by atoms with Crippen molar-refractivity contribution in [2.45, 2.75) is 18.9 Å². The zero-order valence-electron chi connectivity index (χ0n) is 9.66. The Balaban J connectivity index is 0.00000162. The Kier molecular flexibility index (Phi) is 5.81. The van der Waals surface area contributed by atoms with Crippen LogP contribution in [0.2, 0.25) is 0 Å². The summed E-state index contributed by atoms with van der Waals surface area (Å²) < 4.78 is 13.8. The van der Waals surface area contributed by atoms with Gasteiger partial charge in [-0.05, 0) is 59.5 Å². The number of carbonyl (C=O) groups excluding carboxylic acids is 1. The van der Waals surface area contributed by atoms with Crippen molar-refractivity contribution in [3.05, 3.63) is 33.1 Å². The highest BCUT2D eigenvalue weighted by molar-refractivity contribution is 14.1. The fourth-order valence-corrected chi connectivity index (χ4v) is 2.09. The lowest BCUT2D eigenvalue weighted by atomic mass is 10.1. The summed E-state index contributed by atoms with van der Waals surface area (Å²) in [5.41, 5.74) is 5.95. The zero-order chi connectivity index (χ0) is 12.4. The summed E-state index contributed by atoms with van der Waals surface area (Å²) in [7, 11) is 0. The quantitative estimate of drug-likeness (QED) is 0.783. The molecule has 1 aliphatic rings. The second kappa shape index (κ2) is 6.68. The molecule has 0 radical (unpaired) electrons. The highest BCUT2D eigenvalue weighted by atomic mass is 127. The van der Waals surface area contributed by atoms with Gasteiger partial charge in [-0.15, -0.1) is 12.4 Å². The van der Waals surface area contributed by atoms with Gasteiger partial charge in [0.05, 0.1) is 0 Å². The smallest absolute Gasteiger partial charge is 0.251 e. The van der Waals surface area contributed by atoms with Crippen molar-refractivity contribution in [3.8, 4) is 0 Å². The van der Waals surface area contributed by atoms with Crippen molar-refractivity contribution in [2.24, 2.45) is 11.7 Å². The van der Waals surface area contributed by atoms with E-state index < -0.39 is 0 Å². The van der Waals surface area contributed by atoms with Crippen LogP contribution < -0.4 is 11.1 Å². The van der Waals surface area contributed by atoms with Crippen molar-refractivity contribution >= 4 is 40.9 Å². The number of amides is 1. The van der Waals surface area contributed by atoms with Gasteiger partial charge in [0.1, 0.15) is 5.82 Å². The molecule has 0 saturated heterocycles. The molecule has 18 heavy (non-hydrogen) atoms. The molecule has 3 nitrogen and oxygen atoms in total. The molecule has 100 valence electrons. The highest BCUT2D eigenvalue weighted by Crippen LogP contribution is 2.32. The monoisotopic (exact) mass is 384 g/mol. The van der Waals surface area contributed by atoms with E-state index in [4.69, 9.17) is 5.73 Å². The number of benzene rings is 1. The molecule has 1 atom stereocenters. The molecule has 2 rings (SSSR count). The Labute approximate surface area is 125 Å². The maximum Gasteiger partial charge on any atom is 0.251 e. The summed E-state index contributed by atoms with van der Waals surface area (Å²) in [4.78, 5) is 11.9. The van der Waals surface area contributed by atoms with E-state index in [-0.39, 0.29) is 30.2 Å². The van der Waals surface area contributed by atoms with Crippen LogP contribution in [0, 0.1) is 15.3 Å². The molecule has 1 aromatic rings. The normalized spacial score (nSPS) is 15.7. The van der Waals surface area contributed by atoms with E-state index in [0.29, 0.717) is 21.6 Å². The minimum absolute atomic E-state index is 0. The molecule has 0 aliphatic heterocycles. The molecule has 1 aliphatic carbocycles. The van der Waals surface area contributed by atoms with E-state index in [0.717, 1.165) is 12.8 Å². The number of carbonyl (C=O) groups is 1. The third kappa shape index (κ3) is 3.80. The molecular formula is C12H15ClFIN2O. The molecule has 1 unspecified atom stereocenters. The van der Waals surface area contributed by atoms with Gasteiger partial charge >= 0.3 is 0 Å². The van der Waals surface area contributed by atoms with Crippen molar-refractivity contribution in [2.75, 3.05) is 6.54 Å². The molecule has 0 aromatic heterocycles. The van der Waals surface area contributed by atoms with Crippen LogP contribution in [0.1, 0.15) is 23.2 Å². The maximum absolute atomic E-state index is 13.3. The fraction of sp³-hybridized carbons (Fsp3) is 0.417. The SMILES string of the molecule is Cl.NCC(NC(=O)c1ccc(I)c(F)c1)C1CC1. The number of hydrogen-bond donors (Lipinski definition) is 2. The van der Waals surface area contributed by atoms with Gasteiger partial charge in [0, 0.05) is 21.7 Å². The molecular weight excluding hydrogens is 370 g/mol. The van der Waals surface area contributed by atoms with Crippen molar-refractivity contribution in [3.63, 3.8) is 0 Å². The lowest BCUT2D eigenvalue weighted by Gasteiger charge is -2.16. The first-order valence-electron chi connectivity index (χ1n) is 5.58. The fourth-order valence-electron chi connectivity index (χ4n) is 1.76. The molecule has 1 aromatic carbocycles. The van der Waals surface area contributed by atoms with Crippen LogP contribution in [0.15, 0.2) is 18.2 Å². The number of rotatable bonds is 4. The largest absolute Gasteiger partial charge is 0.348 e. The van der Waals surface area contributed by atoms with E-state index in [2.05, 4.69) is 5.32 Å². The van der Waals surface area contributed by atoms with Crippen LogP contribution in [-0.2, 0) is 0 Å². The van der Waals surface area contributed by atoms with Crippen LogP contribution >= 0.6 is 35.0 Å². The van der Waals surface area contributed by atoms with Crippen LogP contribution in [0.25, 0.3) is 0 Å². The Morgan fingerprint density at radius 2 is 2.22 bits per heavy atom. The number of nitrogens with one attached hydrogen (secondary N) is 1. The molecule has 1 saturated carbocycles. The first kappa shape index (κ1) is 15.7. The molecule has 1 fully saturated rings. The number of halogens is 3. The van der Waals surface area contributed by atoms with Crippen LogP contribution in [0.4, 0.5) is 4.39 Å². The highest BCUT2D eigenvalue weighted by Gasteiger charge is 2.31. The van der Waals surface area contributed by atoms with Gasteiger partial charge in [-0.25, -0.2) is 4.39 Å². The Morgan fingerprint density at radius 3 is 2.72 bits per heavy atom. The number of hydrogen-bond acceptors (Lipinski definition) is 2. The van der Waals surface area contributed by atoms with Crippen LogP contribution in [-0.4, -0.2) is 18.5 Å². The Bertz CT molecular complexity index is 440. The van der Waals surface area contributed by atoms with E-state index in [1.165, 1.54) is 6.07 Å². The molecule has 6 heteroatoms. The third-order valence-corrected chi connectivity index (χ3v) is 3.82. The molecule has 1 amide bonds. The van der Waals surface area contributed by atoms with Gasteiger partial charge in [0.15, 0.2) is 0 Å². The second-order valence-electron chi connectivity index (χ2n) is 4.28. The summed E-state index contributed by atoms with van der Waals surface area (Å²) in [6.45, 7) is 0.434. The van der Waals surface area contributed by atoms with E-state index in [9.17, 15) is 9.18 Å².